The van der Waals surface area contributed by atoms with E-state index in [0.717, 1.165) is 30.9 Å². The number of aliphatic hydroxyl groups is 1. The van der Waals surface area contributed by atoms with Gasteiger partial charge in [-0.25, -0.2) is 0 Å². The summed E-state index contributed by atoms with van der Waals surface area (Å²) in [6, 6.07) is 0.322. The number of hydrogen-bond acceptors (Lipinski definition) is 4. The first-order valence-electron chi connectivity index (χ1n) is 5.93. The quantitative estimate of drug-likeness (QED) is 0.635. The Morgan fingerprint density at radius 3 is 2.94 bits per heavy atom. The van der Waals surface area contributed by atoms with E-state index in [9.17, 15) is 4.79 Å². The summed E-state index contributed by atoms with van der Waals surface area (Å²) in [5.41, 5.74) is 0.0183. The lowest BCUT2D eigenvalue weighted by Crippen LogP contribution is -2.42. The molecule has 2 fully saturated rings. The standard InChI is InChI=1S/C11H20N2O2S/c14-8-11(1-2-11)7-13-10(15)5-9-6-16-4-3-12-9/h9,12,14H,1-8H2,(H,13,15). The van der Waals surface area contributed by atoms with E-state index in [1.807, 2.05) is 11.8 Å². The summed E-state index contributed by atoms with van der Waals surface area (Å²) in [6.07, 6.45) is 2.65. The van der Waals surface area contributed by atoms with Crippen molar-refractivity contribution < 1.29 is 9.90 Å². The average Bonchev–Trinajstić information content (AvgIpc) is 3.09. The fourth-order valence-corrected chi connectivity index (χ4v) is 2.85. The van der Waals surface area contributed by atoms with Crippen LogP contribution in [-0.2, 0) is 4.79 Å². The molecule has 1 saturated carbocycles. The first-order valence-corrected chi connectivity index (χ1v) is 7.08. The zero-order valence-corrected chi connectivity index (χ0v) is 10.3. The van der Waals surface area contributed by atoms with Crippen molar-refractivity contribution in [3.05, 3.63) is 0 Å². The fourth-order valence-electron chi connectivity index (χ4n) is 1.90. The van der Waals surface area contributed by atoms with Crippen molar-refractivity contribution in [2.75, 3.05) is 31.2 Å². The molecule has 5 heteroatoms. The SMILES string of the molecule is O=C(CC1CSCCN1)NCC1(CO)CC1. The van der Waals surface area contributed by atoms with Gasteiger partial charge in [-0.1, -0.05) is 0 Å². The van der Waals surface area contributed by atoms with Gasteiger partial charge in [-0.2, -0.15) is 11.8 Å². The van der Waals surface area contributed by atoms with Crippen LogP contribution in [0.3, 0.4) is 0 Å². The minimum Gasteiger partial charge on any atom is -0.396 e. The zero-order valence-electron chi connectivity index (χ0n) is 9.50. The van der Waals surface area contributed by atoms with E-state index in [-0.39, 0.29) is 17.9 Å². The predicted octanol–water partition coefficient (Wildman–Crippen LogP) is -0.0298. The van der Waals surface area contributed by atoms with Gasteiger partial charge >= 0.3 is 0 Å². The van der Waals surface area contributed by atoms with Gasteiger partial charge in [0.15, 0.2) is 0 Å². The van der Waals surface area contributed by atoms with E-state index < -0.39 is 0 Å². The third-order valence-electron chi connectivity index (χ3n) is 3.38. The molecule has 0 spiro atoms. The molecule has 0 aromatic heterocycles. The summed E-state index contributed by atoms with van der Waals surface area (Å²) < 4.78 is 0. The molecule has 0 bridgehead atoms. The molecule has 1 saturated heterocycles. The van der Waals surface area contributed by atoms with Crippen LogP contribution in [0.1, 0.15) is 19.3 Å². The lowest BCUT2D eigenvalue weighted by Gasteiger charge is -2.23. The first kappa shape index (κ1) is 12.2. The Hall–Kier alpha value is -0.260. The molecule has 16 heavy (non-hydrogen) atoms. The molecule has 0 aromatic carbocycles. The molecule has 1 aliphatic carbocycles. The number of carbonyl (C=O) groups is 1. The number of amides is 1. The molecule has 2 aliphatic rings. The first-order chi connectivity index (χ1) is 7.74. The largest absolute Gasteiger partial charge is 0.396 e. The van der Waals surface area contributed by atoms with E-state index in [1.54, 1.807) is 0 Å². The predicted molar refractivity (Wildman–Crippen MR) is 65.5 cm³/mol. The van der Waals surface area contributed by atoms with Crippen molar-refractivity contribution in [3.8, 4) is 0 Å². The van der Waals surface area contributed by atoms with E-state index in [2.05, 4.69) is 10.6 Å². The molecule has 4 nitrogen and oxygen atoms in total. The summed E-state index contributed by atoms with van der Waals surface area (Å²) >= 11 is 1.90. The van der Waals surface area contributed by atoms with Gasteiger partial charge in [-0.15, -0.1) is 0 Å². The van der Waals surface area contributed by atoms with Crippen LogP contribution in [0.15, 0.2) is 0 Å². The summed E-state index contributed by atoms with van der Waals surface area (Å²) in [7, 11) is 0. The third-order valence-corrected chi connectivity index (χ3v) is 4.51. The smallest absolute Gasteiger partial charge is 0.221 e. The Morgan fingerprint density at radius 1 is 1.56 bits per heavy atom. The van der Waals surface area contributed by atoms with Gasteiger partial charge in [-0.3, -0.25) is 4.79 Å². The number of thioether (sulfide) groups is 1. The number of nitrogens with one attached hydrogen (secondary N) is 2. The van der Waals surface area contributed by atoms with Gasteiger partial charge in [0.05, 0.1) is 6.61 Å². The highest BCUT2D eigenvalue weighted by molar-refractivity contribution is 7.99. The molecule has 92 valence electrons. The monoisotopic (exact) mass is 244 g/mol. The fraction of sp³-hybridized carbons (Fsp3) is 0.909. The second kappa shape index (κ2) is 5.38. The van der Waals surface area contributed by atoms with Crippen LogP contribution in [0, 0.1) is 5.41 Å². The zero-order chi connectivity index (χ0) is 11.4. The third kappa shape index (κ3) is 3.37. The maximum atomic E-state index is 11.7. The van der Waals surface area contributed by atoms with Crippen LogP contribution in [0.5, 0.6) is 0 Å². The minimum atomic E-state index is 0.0183. The topological polar surface area (TPSA) is 61.4 Å². The summed E-state index contributed by atoms with van der Waals surface area (Å²) in [6.45, 7) is 1.84. The molecule has 0 aromatic rings. The molecule has 1 aliphatic heterocycles. The second-order valence-electron chi connectivity index (χ2n) is 4.86. The van der Waals surface area contributed by atoms with E-state index >= 15 is 0 Å². The molecule has 1 atom stereocenters. The van der Waals surface area contributed by atoms with Crippen molar-refractivity contribution in [1.29, 1.82) is 0 Å². The average molecular weight is 244 g/mol. The normalized spacial score (nSPS) is 27.4. The summed E-state index contributed by atoms with van der Waals surface area (Å²) in [5.74, 6) is 2.28. The highest BCUT2D eigenvalue weighted by atomic mass is 32.2. The van der Waals surface area contributed by atoms with E-state index in [1.165, 1.54) is 0 Å². The van der Waals surface area contributed by atoms with Crippen molar-refractivity contribution in [1.82, 2.24) is 10.6 Å². The van der Waals surface area contributed by atoms with Gasteiger partial charge in [0.25, 0.3) is 0 Å². The van der Waals surface area contributed by atoms with Crippen LogP contribution in [0.4, 0.5) is 0 Å². The summed E-state index contributed by atoms with van der Waals surface area (Å²) in [4.78, 5) is 11.7. The number of aliphatic hydroxyl groups excluding tert-OH is 1. The molecular formula is C11H20N2O2S. The van der Waals surface area contributed by atoms with Crippen molar-refractivity contribution >= 4 is 17.7 Å². The molecule has 0 radical (unpaired) electrons. The van der Waals surface area contributed by atoms with E-state index in [0.29, 0.717) is 19.0 Å². The van der Waals surface area contributed by atoms with Gasteiger partial charge in [-0.05, 0) is 12.8 Å². The van der Waals surface area contributed by atoms with Gasteiger partial charge in [0, 0.05) is 42.5 Å². The Labute approximate surface area is 101 Å². The maximum absolute atomic E-state index is 11.7. The van der Waals surface area contributed by atoms with Crippen molar-refractivity contribution in [2.45, 2.75) is 25.3 Å². The van der Waals surface area contributed by atoms with Crippen LogP contribution in [0.2, 0.25) is 0 Å². The Balaban J connectivity index is 1.64. The molecule has 2 rings (SSSR count). The van der Waals surface area contributed by atoms with Crippen LogP contribution in [-0.4, -0.2) is 48.3 Å². The molecule has 3 N–H and O–H groups in total. The Bertz CT molecular complexity index is 250. The molecule has 1 unspecified atom stereocenters. The number of hydrogen-bond donors (Lipinski definition) is 3. The second-order valence-corrected chi connectivity index (χ2v) is 6.01. The molecule has 1 heterocycles. The Morgan fingerprint density at radius 2 is 2.38 bits per heavy atom. The van der Waals surface area contributed by atoms with Gasteiger partial charge in [0.1, 0.15) is 0 Å². The highest BCUT2D eigenvalue weighted by Crippen LogP contribution is 2.44. The lowest BCUT2D eigenvalue weighted by molar-refractivity contribution is -0.121. The van der Waals surface area contributed by atoms with Crippen molar-refractivity contribution in [3.63, 3.8) is 0 Å². The molecular weight excluding hydrogens is 224 g/mol. The van der Waals surface area contributed by atoms with Crippen molar-refractivity contribution in [2.24, 2.45) is 5.41 Å². The van der Waals surface area contributed by atoms with Crippen LogP contribution in [0.25, 0.3) is 0 Å². The van der Waals surface area contributed by atoms with Crippen LogP contribution >= 0.6 is 11.8 Å². The highest BCUT2D eigenvalue weighted by Gasteiger charge is 2.42. The Kier molecular flexibility index (Phi) is 4.10. The van der Waals surface area contributed by atoms with Crippen LogP contribution < -0.4 is 10.6 Å². The van der Waals surface area contributed by atoms with Gasteiger partial charge < -0.3 is 15.7 Å². The lowest BCUT2D eigenvalue weighted by atomic mass is 10.1. The number of carbonyl (C=O) groups excluding carboxylic acids is 1. The number of rotatable bonds is 5. The molecule has 1 amide bonds. The van der Waals surface area contributed by atoms with E-state index in [4.69, 9.17) is 5.11 Å². The van der Waals surface area contributed by atoms with Gasteiger partial charge in [0.2, 0.25) is 5.91 Å². The summed E-state index contributed by atoms with van der Waals surface area (Å²) in [5, 5.41) is 15.4. The maximum Gasteiger partial charge on any atom is 0.221 e. The minimum absolute atomic E-state index is 0.0183.